The lowest BCUT2D eigenvalue weighted by Crippen LogP contribution is -2.43. The quantitative estimate of drug-likeness (QED) is 0.538. The van der Waals surface area contributed by atoms with E-state index in [0.717, 1.165) is 6.42 Å². The zero-order valence-electron chi connectivity index (χ0n) is 6.13. The Bertz CT molecular complexity index is 136. The fourth-order valence-corrected chi connectivity index (χ4v) is 1.23. The number of aliphatic hydroxyl groups is 1. The molecule has 1 heterocycles. The lowest BCUT2D eigenvalue weighted by atomic mass is 9.93. The van der Waals surface area contributed by atoms with Gasteiger partial charge in [-0.05, 0) is 6.42 Å². The highest BCUT2D eigenvalue weighted by molar-refractivity contribution is 5.77. The first-order valence-corrected chi connectivity index (χ1v) is 3.68. The van der Waals surface area contributed by atoms with Crippen molar-refractivity contribution < 1.29 is 9.90 Å². The molecule has 3 nitrogen and oxygen atoms in total. The molecule has 1 fully saturated rings. The predicted molar refractivity (Wildman–Crippen MR) is 37.4 cm³/mol. The minimum atomic E-state index is -0.418. The summed E-state index contributed by atoms with van der Waals surface area (Å²) in [5.74, 6) is 0.231. The Morgan fingerprint density at radius 2 is 2.50 bits per heavy atom. The largest absolute Gasteiger partial charge is 0.392 e. The molecule has 0 aliphatic carbocycles. The average molecular weight is 143 g/mol. The molecular formula is C7H13NO2. The summed E-state index contributed by atoms with van der Waals surface area (Å²) in [5.41, 5.74) is 0. The Morgan fingerprint density at radius 3 is 3.00 bits per heavy atom. The zero-order chi connectivity index (χ0) is 7.56. The number of piperidine rings is 1. The lowest BCUT2D eigenvalue weighted by Gasteiger charge is -2.26. The second kappa shape index (κ2) is 3.01. The van der Waals surface area contributed by atoms with Crippen LogP contribution in [0.5, 0.6) is 0 Å². The molecule has 1 rings (SSSR count). The maximum atomic E-state index is 10.7. The van der Waals surface area contributed by atoms with Gasteiger partial charge in [-0.2, -0.15) is 0 Å². The van der Waals surface area contributed by atoms with Crippen LogP contribution in [-0.2, 0) is 4.79 Å². The van der Waals surface area contributed by atoms with Crippen molar-refractivity contribution >= 4 is 5.91 Å². The van der Waals surface area contributed by atoms with E-state index in [1.54, 1.807) is 0 Å². The molecule has 1 amide bonds. The van der Waals surface area contributed by atoms with Gasteiger partial charge in [-0.25, -0.2) is 0 Å². The van der Waals surface area contributed by atoms with E-state index in [4.69, 9.17) is 0 Å². The topological polar surface area (TPSA) is 49.3 Å². The Balaban J connectivity index is 2.43. The van der Waals surface area contributed by atoms with Gasteiger partial charge >= 0.3 is 0 Å². The first kappa shape index (κ1) is 7.54. The van der Waals surface area contributed by atoms with Crippen LogP contribution >= 0.6 is 0 Å². The molecule has 2 N–H and O–H groups in total. The monoisotopic (exact) mass is 143 g/mol. The van der Waals surface area contributed by atoms with Gasteiger partial charge in [-0.15, -0.1) is 0 Å². The molecular weight excluding hydrogens is 130 g/mol. The smallest absolute Gasteiger partial charge is 0.222 e. The summed E-state index contributed by atoms with van der Waals surface area (Å²) in [6.45, 7) is 2.65. The van der Waals surface area contributed by atoms with Crippen molar-refractivity contribution in [2.45, 2.75) is 25.9 Å². The summed E-state index contributed by atoms with van der Waals surface area (Å²) < 4.78 is 0. The minimum Gasteiger partial charge on any atom is -0.392 e. The van der Waals surface area contributed by atoms with Gasteiger partial charge in [0.05, 0.1) is 12.5 Å². The van der Waals surface area contributed by atoms with Crippen LogP contribution in [0, 0.1) is 5.92 Å². The number of hydrogen-bond acceptors (Lipinski definition) is 2. The molecule has 10 heavy (non-hydrogen) atoms. The lowest BCUT2D eigenvalue weighted by molar-refractivity contribution is -0.126. The number of nitrogens with one attached hydrogen (secondary N) is 1. The Kier molecular flexibility index (Phi) is 2.27. The minimum absolute atomic E-state index is 0.0304. The summed E-state index contributed by atoms with van der Waals surface area (Å²) >= 11 is 0. The third-order valence-electron chi connectivity index (χ3n) is 2.02. The van der Waals surface area contributed by atoms with Crippen LogP contribution in [0.3, 0.4) is 0 Å². The maximum absolute atomic E-state index is 10.7. The normalized spacial score (nSPS) is 33.6. The molecule has 0 aromatic rings. The van der Waals surface area contributed by atoms with Crippen LogP contribution in [0.4, 0.5) is 0 Å². The summed E-state index contributed by atoms with van der Waals surface area (Å²) in [4.78, 5) is 10.7. The second-order valence-electron chi connectivity index (χ2n) is 2.74. The Labute approximate surface area is 60.4 Å². The van der Waals surface area contributed by atoms with E-state index in [0.29, 0.717) is 6.54 Å². The average Bonchev–Trinajstić information content (AvgIpc) is 1.88. The van der Waals surface area contributed by atoms with Gasteiger partial charge in [0.25, 0.3) is 0 Å². The zero-order valence-corrected chi connectivity index (χ0v) is 6.13. The Morgan fingerprint density at radius 1 is 1.80 bits per heavy atom. The van der Waals surface area contributed by atoms with E-state index in [-0.39, 0.29) is 18.2 Å². The third kappa shape index (κ3) is 1.48. The van der Waals surface area contributed by atoms with Crippen LogP contribution < -0.4 is 5.32 Å². The number of carbonyl (C=O) groups excluding carboxylic acids is 1. The van der Waals surface area contributed by atoms with Crippen LogP contribution in [-0.4, -0.2) is 23.7 Å². The standard InChI is InChI=1S/C7H13NO2/c1-2-5-4-8-7(10)3-6(5)9/h5-6,9H,2-4H2,1H3,(H,8,10)/t5-,6-/m1/s1. The van der Waals surface area contributed by atoms with E-state index in [1.807, 2.05) is 6.92 Å². The van der Waals surface area contributed by atoms with E-state index < -0.39 is 6.10 Å². The van der Waals surface area contributed by atoms with Crippen molar-refractivity contribution in [3.8, 4) is 0 Å². The number of carbonyl (C=O) groups is 1. The van der Waals surface area contributed by atoms with Crippen molar-refractivity contribution in [2.24, 2.45) is 5.92 Å². The van der Waals surface area contributed by atoms with Crippen molar-refractivity contribution in [3.63, 3.8) is 0 Å². The van der Waals surface area contributed by atoms with E-state index in [2.05, 4.69) is 5.32 Å². The van der Waals surface area contributed by atoms with E-state index in [9.17, 15) is 9.90 Å². The van der Waals surface area contributed by atoms with Crippen molar-refractivity contribution in [1.29, 1.82) is 0 Å². The van der Waals surface area contributed by atoms with Crippen LogP contribution in [0.15, 0.2) is 0 Å². The van der Waals surface area contributed by atoms with Crippen molar-refractivity contribution in [3.05, 3.63) is 0 Å². The van der Waals surface area contributed by atoms with Gasteiger partial charge in [0, 0.05) is 12.5 Å². The molecule has 2 atom stereocenters. The predicted octanol–water partition coefficient (Wildman–Crippen LogP) is -0.107. The molecule has 0 radical (unpaired) electrons. The highest BCUT2D eigenvalue weighted by Crippen LogP contribution is 2.14. The second-order valence-corrected chi connectivity index (χ2v) is 2.74. The molecule has 0 aromatic carbocycles. The van der Waals surface area contributed by atoms with Gasteiger partial charge < -0.3 is 10.4 Å². The number of amides is 1. The molecule has 0 aromatic heterocycles. The molecule has 1 aliphatic heterocycles. The van der Waals surface area contributed by atoms with Gasteiger partial charge in [-0.3, -0.25) is 4.79 Å². The van der Waals surface area contributed by atoms with Gasteiger partial charge in [-0.1, -0.05) is 6.92 Å². The van der Waals surface area contributed by atoms with Gasteiger partial charge in [0.15, 0.2) is 0 Å². The molecule has 3 heteroatoms. The number of rotatable bonds is 1. The van der Waals surface area contributed by atoms with Crippen LogP contribution in [0.1, 0.15) is 19.8 Å². The number of hydrogen-bond donors (Lipinski definition) is 2. The van der Waals surface area contributed by atoms with Crippen molar-refractivity contribution in [1.82, 2.24) is 5.32 Å². The highest BCUT2D eigenvalue weighted by Gasteiger charge is 2.25. The van der Waals surface area contributed by atoms with Crippen LogP contribution in [0.2, 0.25) is 0 Å². The first-order valence-electron chi connectivity index (χ1n) is 3.68. The third-order valence-corrected chi connectivity index (χ3v) is 2.02. The molecule has 0 saturated carbocycles. The first-order chi connectivity index (χ1) is 4.74. The molecule has 1 saturated heterocycles. The maximum Gasteiger partial charge on any atom is 0.222 e. The van der Waals surface area contributed by atoms with Crippen molar-refractivity contribution in [2.75, 3.05) is 6.54 Å². The van der Waals surface area contributed by atoms with Crippen LogP contribution in [0.25, 0.3) is 0 Å². The van der Waals surface area contributed by atoms with E-state index in [1.165, 1.54) is 0 Å². The summed E-state index contributed by atoms with van der Waals surface area (Å²) in [5, 5.41) is 12.0. The molecule has 1 aliphatic rings. The fraction of sp³-hybridized carbons (Fsp3) is 0.857. The van der Waals surface area contributed by atoms with E-state index >= 15 is 0 Å². The Hall–Kier alpha value is -0.570. The van der Waals surface area contributed by atoms with Gasteiger partial charge in [0.2, 0.25) is 5.91 Å². The summed E-state index contributed by atoms with van der Waals surface area (Å²) in [7, 11) is 0. The molecule has 58 valence electrons. The fourth-order valence-electron chi connectivity index (χ4n) is 1.23. The molecule has 0 bridgehead atoms. The summed E-state index contributed by atoms with van der Waals surface area (Å²) in [6, 6.07) is 0. The highest BCUT2D eigenvalue weighted by atomic mass is 16.3. The summed E-state index contributed by atoms with van der Waals surface area (Å²) in [6.07, 6.45) is 0.790. The SMILES string of the molecule is CC[C@@H]1CNC(=O)C[C@H]1O. The molecule has 0 spiro atoms. The number of aliphatic hydroxyl groups excluding tert-OH is 1. The van der Waals surface area contributed by atoms with Gasteiger partial charge in [0.1, 0.15) is 0 Å². The molecule has 0 unspecified atom stereocenters.